The van der Waals surface area contributed by atoms with Crippen molar-refractivity contribution in [3.63, 3.8) is 0 Å². The van der Waals surface area contributed by atoms with Gasteiger partial charge in [0.1, 0.15) is 6.04 Å². The van der Waals surface area contributed by atoms with Crippen molar-refractivity contribution in [2.45, 2.75) is 33.2 Å². The van der Waals surface area contributed by atoms with E-state index in [1.54, 1.807) is 19.1 Å². The van der Waals surface area contributed by atoms with Crippen LogP contribution in [-0.2, 0) is 23.1 Å². The fourth-order valence-electron chi connectivity index (χ4n) is 3.07. The van der Waals surface area contributed by atoms with E-state index >= 15 is 0 Å². The van der Waals surface area contributed by atoms with Gasteiger partial charge in [-0.25, -0.2) is 10.0 Å². The number of nitrogens with one attached hydrogen (secondary N) is 2. The van der Waals surface area contributed by atoms with Crippen molar-refractivity contribution >= 4 is 23.3 Å². The van der Waals surface area contributed by atoms with Gasteiger partial charge in [0.25, 0.3) is 11.8 Å². The lowest BCUT2D eigenvalue weighted by Gasteiger charge is -2.30. The minimum atomic E-state index is -0.630. The van der Waals surface area contributed by atoms with Crippen LogP contribution in [0.2, 0.25) is 0 Å². The smallest absolute Gasteiger partial charge is 0.288 e. The first-order valence-corrected chi connectivity index (χ1v) is 8.89. The van der Waals surface area contributed by atoms with Gasteiger partial charge in [-0.05, 0) is 44.9 Å². The van der Waals surface area contributed by atoms with Crippen molar-refractivity contribution in [2.24, 2.45) is 12.0 Å². The molecule has 0 aliphatic carbocycles. The summed E-state index contributed by atoms with van der Waals surface area (Å²) in [5, 5.41) is 8.61. The van der Waals surface area contributed by atoms with Gasteiger partial charge in [-0.15, -0.1) is 0 Å². The molecule has 2 heterocycles. The summed E-state index contributed by atoms with van der Waals surface area (Å²) in [6.07, 6.45) is 0.682. The number of rotatable bonds is 5. The van der Waals surface area contributed by atoms with E-state index < -0.39 is 6.04 Å². The molecule has 0 bridgehead atoms. The maximum absolute atomic E-state index is 12.5. The van der Waals surface area contributed by atoms with Gasteiger partial charge in [-0.2, -0.15) is 5.10 Å². The van der Waals surface area contributed by atoms with Crippen LogP contribution in [0, 0.1) is 13.8 Å². The molecule has 1 atom stereocenters. The third-order valence-electron chi connectivity index (χ3n) is 4.67. The van der Waals surface area contributed by atoms with Crippen LogP contribution in [0.3, 0.4) is 0 Å². The number of aliphatic imine (C=N–C) groups is 1. The number of benzene rings is 1. The fraction of sp³-hybridized carbons (Fsp3) is 0.368. The molecule has 0 saturated carbocycles. The highest BCUT2D eigenvalue weighted by molar-refractivity contribution is 6.39. The Morgan fingerprint density at radius 2 is 1.96 bits per heavy atom. The minimum absolute atomic E-state index is 0.130. The summed E-state index contributed by atoms with van der Waals surface area (Å²) in [5.74, 6) is -0.417. The molecule has 2 N–H and O–H groups in total. The number of para-hydroxylation sites is 1. The Morgan fingerprint density at radius 3 is 2.59 bits per heavy atom. The molecule has 142 valence electrons. The summed E-state index contributed by atoms with van der Waals surface area (Å²) in [5.41, 5.74) is 6.68. The molecular weight excluding hydrogens is 344 g/mol. The third kappa shape index (κ3) is 3.84. The van der Waals surface area contributed by atoms with Crippen LogP contribution in [0.1, 0.15) is 23.9 Å². The van der Waals surface area contributed by atoms with E-state index in [0.29, 0.717) is 18.7 Å². The lowest BCUT2D eigenvalue weighted by molar-refractivity contribution is -0.120. The van der Waals surface area contributed by atoms with Gasteiger partial charge in [0.2, 0.25) is 5.84 Å². The second kappa shape index (κ2) is 7.61. The van der Waals surface area contributed by atoms with Crippen molar-refractivity contribution in [2.75, 3.05) is 11.6 Å². The van der Waals surface area contributed by atoms with Crippen molar-refractivity contribution in [1.82, 2.24) is 20.5 Å². The summed E-state index contributed by atoms with van der Waals surface area (Å²) >= 11 is 0. The minimum Gasteiger partial charge on any atom is -0.349 e. The number of hydrogen-bond acceptors (Lipinski definition) is 5. The first-order chi connectivity index (χ1) is 12.9. The van der Waals surface area contributed by atoms with Gasteiger partial charge < -0.3 is 5.32 Å². The molecule has 1 aromatic heterocycles. The van der Waals surface area contributed by atoms with Crippen molar-refractivity contribution in [1.29, 1.82) is 0 Å². The lowest BCUT2D eigenvalue weighted by Crippen LogP contribution is -2.58. The number of hydrogen-bond donors (Lipinski definition) is 2. The number of amidine groups is 1. The van der Waals surface area contributed by atoms with E-state index in [-0.39, 0.29) is 17.6 Å². The van der Waals surface area contributed by atoms with Crippen LogP contribution in [0.15, 0.2) is 35.3 Å². The summed E-state index contributed by atoms with van der Waals surface area (Å²) in [4.78, 5) is 29.1. The Kier molecular flexibility index (Phi) is 5.25. The van der Waals surface area contributed by atoms with Crippen LogP contribution in [0.4, 0.5) is 5.69 Å². The number of nitrogens with zero attached hydrogens (tertiary/aromatic N) is 4. The molecule has 0 radical (unpaired) electrons. The SMILES string of the molecule is Cc1nn(C)c(C)c1CCNC(=O)C1=NC(C)C(=O)N(c2ccccc2)N1. The molecule has 1 aromatic carbocycles. The van der Waals surface area contributed by atoms with E-state index in [9.17, 15) is 9.59 Å². The average molecular weight is 368 g/mol. The van der Waals surface area contributed by atoms with Crippen LogP contribution in [0.25, 0.3) is 0 Å². The zero-order chi connectivity index (χ0) is 19.6. The van der Waals surface area contributed by atoms with Gasteiger partial charge in [0.05, 0.1) is 11.4 Å². The second-order valence-corrected chi connectivity index (χ2v) is 6.55. The Balaban J connectivity index is 1.65. The number of aryl methyl sites for hydroxylation is 2. The van der Waals surface area contributed by atoms with Crippen LogP contribution in [-0.4, -0.2) is 40.0 Å². The van der Waals surface area contributed by atoms with Gasteiger partial charge in [-0.1, -0.05) is 18.2 Å². The van der Waals surface area contributed by atoms with E-state index in [1.165, 1.54) is 5.01 Å². The number of amides is 2. The normalized spacial score (nSPS) is 16.7. The topological polar surface area (TPSA) is 91.6 Å². The van der Waals surface area contributed by atoms with Crippen molar-refractivity contribution < 1.29 is 9.59 Å². The molecule has 8 heteroatoms. The highest BCUT2D eigenvalue weighted by Gasteiger charge is 2.30. The highest BCUT2D eigenvalue weighted by atomic mass is 16.2. The largest absolute Gasteiger partial charge is 0.349 e. The molecule has 1 aliphatic rings. The monoisotopic (exact) mass is 368 g/mol. The molecule has 2 amide bonds. The molecular formula is C19H24N6O2. The third-order valence-corrected chi connectivity index (χ3v) is 4.67. The zero-order valence-corrected chi connectivity index (χ0v) is 16.0. The molecule has 2 aromatic rings. The molecule has 27 heavy (non-hydrogen) atoms. The quantitative estimate of drug-likeness (QED) is 0.825. The molecule has 0 fully saturated rings. The predicted octanol–water partition coefficient (Wildman–Crippen LogP) is 1.03. The molecule has 0 spiro atoms. The summed E-state index contributed by atoms with van der Waals surface area (Å²) in [6, 6.07) is 8.50. The number of aromatic nitrogens is 2. The van der Waals surface area contributed by atoms with Gasteiger partial charge in [-0.3, -0.25) is 19.7 Å². The molecule has 1 aliphatic heterocycles. The van der Waals surface area contributed by atoms with Gasteiger partial charge in [0.15, 0.2) is 0 Å². The Bertz CT molecular complexity index is 887. The maximum Gasteiger partial charge on any atom is 0.288 e. The summed E-state index contributed by atoms with van der Waals surface area (Å²) in [6.45, 7) is 6.10. The van der Waals surface area contributed by atoms with Crippen molar-refractivity contribution in [3.05, 3.63) is 47.3 Å². The van der Waals surface area contributed by atoms with Gasteiger partial charge >= 0.3 is 0 Å². The van der Waals surface area contributed by atoms with Crippen LogP contribution < -0.4 is 15.8 Å². The number of anilines is 1. The second-order valence-electron chi connectivity index (χ2n) is 6.55. The first kappa shape index (κ1) is 18.6. The standard InChI is InChI=1S/C19H24N6O2/c1-12-16(14(3)24(4)22-12)10-11-20-18(26)17-21-13(2)19(27)25(23-17)15-8-6-5-7-9-15/h5-9,13H,10-11H2,1-4H3,(H,20,26)(H,21,23). The van der Waals surface area contributed by atoms with E-state index in [4.69, 9.17) is 0 Å². The number of carbonyl (C=O) groups excluding carboxylic acids is 2. The fourth-order valence-corrected chi connectivity index (χ4v) is 3.07. The highest BCUT2D eigenvalue weighted by Crippen LogP contribution is 2.16. The maximum atomic E-state index is 12.5. The first-order valence-electron chi connectivity index (χ1n) is 8.89. The van der Waals surface area contributed by atoms with E-state index in [0.717, 1.165) is 17.0 Å². The Labute approximate surface area is 158 Å². The molecule has 8 nitrogen and oxygen atoms in total. The summed E-state index contributed by atoms with van der Waals surface area (Å²) < 4.78 is 1.84. The van der Waals surface area contributed by atoms with Crippen LogP contribution in [0.5, 0.6) is 0 Å². The lowest BCUT2D eigenvalue weighted by atomic mass is 10.1. The van der Waals surface area contributed by atoms with E-state index in [2.05, 4.69) is 20.8 Å². The van der Waals surface area contributed by atoms with Gasteiger partial charge in [0, 0.05) is 19.3 Å². The molecule has 3 rings (SSSR count). The van der Waals surface area contributed by atoms with Crippen LogP contribution >= 0.6 is 0 Å². The molecule has 1 unspecified atom stereocenters. The van der Waals surface area contributed by atoms with Crippen molar-refractivity contribution in [3.8, 4) is 0 Å². The molecule has 0 saturated heterocycles. The Morgan fingerprint density at radius 1 is 1.26 bits per heavy atom. The summed E-state index contributed by atoms with van der Waals surface area (Å²) in [7, 11) is 1.90. The average Bonchev–Trinajstić information content (AvgIpc) is 2.90. The Hall–Kier alpha value is -3.16. The number of carbonyl (C=O) groups is 2. The predicted molar refractivity (Wildman–Crippen MR) is 103 cm³/mol. The number of hydrazine groups is 1. The van der Waals surface area contributed by atoms with E-state index in [1.807, 2.05) is 43.8 Å². The zero-order valence-electron chi connectivity index (χ0n) is 16.0.